The van der Waals surface area contributed by atoms with E-state index in [1.165, 1.54) is 5.56 Å². The molecule has 1 saturated heterocycles. The van der Waals surface area contributed by atoms with Gasteiger partial charge in [-0.25, -0.2) is 13.1 Å². The van der Waals surface area contributed by atoms with Crippen molar-refractivity contribution in [2.75, 3.05) is 25.9 Å². The lowest BCUT2D eigenvalue weighted by Crippen LogP contribution is -2.38. The zero-order valence-corrected chi connectivity index (χ0v) is 13.6. The van der Waals surface area contributed by atoms with Crippen molar-refractivity contribution < 1.29 is 13.2 Å². The van der Waals surface area contributed by atoms with Gasteiger partial charge in [-0.3, -0.25) is 9.69 Å². The van der Waals surface area contributed by atoms with Crippen molar-refractivity contribution in [2.24, 2.45) is 0 Å². The quantitative estimate of drug-likeness (QED) is 0.757. The first-order valence-corrected chi connectivity index (χ1v) is 9.32. The van der Waals surface area contributed by atoms with Gasteiger partial charge in [-0.2, -0.15) is 0 Å². The van der Waals surface area contributed by atoms with E-state index in [0.717, 1.165) is 32.3 Å². The maximum absolute atomic E-state index is 11.8. The number of nitrogens with zero attached hydrogens (tertiary/aromatic N) is 1. The summed E-state index contributed by atoms with van der Waals surface area (Å²) in [5.74, 6) is -0.109. The van der Waals surface area contributed by atoms with Crippen LogP contribution >= 0.6 is 0 Å². The van der Waals surface area contributed by atoms with Crippen LogP contribution in [0.3, 0.4) is 0 Å². The summed E-state index contributed by atoms with van der Waals surface area (Å²) in [6.45, 7) is 2.83. The van der Waals surface area contributed by atoms with E-state index in [-0.39, 0.29) is 24.9 Å². The lowest BCUT2D eigenvalue weighted by atomic mass is 10.2. The van der Waals surface area contributed by atoms with Crippen molar-refractivity contribution in [3.05, 3.63) is 35.9 Å². The smallest absolute Gasteiger partial charge is 0.221 e. The summed E-state index contributed by atoms with van der Waals surface area (Å²) in [7, 11) is -3.23. The van der Waals surface area contributed by atoms with Crippen LogP contribution in [0.4, 0.5) is 0 Å². The minimum absolute atomic E-state index is 0.109. The molecular weight excluding hydrogens is 302 g/mol. The Morgan fingerprint density at radius 1 is 1.32 bits per heavy atom. The summed E-state index contributed by atoms with van der Waals surface area (Å²) in [4.78, 5) is 14.1. The molecule has 1 aliphatic rings. The van der Waals surface area contributed by atoms with E-state index in [2.05, 4.69) is 27.1 Å². The molecular formula is C15H23N3O3S. The Hall–Kier alpha value is -1.44. The topological polar surface area (TPSA) is 78.5 Å². The second-order valence-electron chi connectivity index (χ2n) is 5.69. The number of nitrogens with one attached hydrogen (secondary N) is 2. The fourth-order valence-electron chi connectivity index (χ4n) is 2.59. The molecule has 7 heteroatoms. The highest BCUT2D eigenvalue weighted by Gasteiger charge is 2.23. The van der Waals surface area contributed by atoms with E-state index in [9.17, 15) is 13.2 Å². The fraction of sp³-hybridized carbons (Fsp3) is 0.533. The van der Waals surface area contributed by atoms with Crippen molar-refractivity contribution in [2.45, 2.75) is 25.4 Å². The van der Waals surface area contributed by atoms with Crippen LogP contribution in [0.5, 0.6) is 0 Å². The van der Waals surface area contributed by atoms with Crippen LogP contribution in [0.15, 0.2) is 30.3 Å². The van der Waals surface area contributed by atoms with Gasteiger partial charge in [0.1, 0.15) is 0 Å². The molecule has 1 heterocycles. The van der Waals surface area contributed by atoms with E-state index < -0.39 is 10.0 Å². The van der Waals surface area contributed by atoms with Gasteiger partial charge in [0.15, 0.2) is 0 Å². The first kappa shape index (κ1) is 16.9. The van der Waals surface area contributed by atoms with Crippen LogP contribution in [-0.4, -0.2) is 51.2 Å². The van der Waals surface area contributed by atoms with Crippen molar-refractivity contribution in [3.8, 4) is 0 Å². The summed E-state index contributed by atoms with van der Waals surface area (Å²) in [5.41, 5.74) is 1.27. The Bertz CT molecular complexity index is 589. The molecule has 0 unspecified atom stereocenters. The first-order valence-electron chi connectivity index (χ1n) is 7.43. The van der Waals surface area contributed by atoms with Crippen LogP contribution in [0.2, 0.25) is 0 Å². The number of carbonyl (C=O) groups is 1. The van der Waals surface area contributed by atoms with Crippen LogP contribution in [0.1, 0.15) is 18.4 Å². The third-order valence-corrected chi connectivity index (χ3v) is 4.33. The SMILES string of the molecule is CS(=O)(=O)NCCC(=O)N[C@@H]1CCN(Cc2ccccc2)C1. The van der Waals surface area contributed by atoms with Crippen molar-refractivity contribution >= 4 is 15.9 Å². The third kappa shape index (κ3) is 6.13. The summed E-state index contributed by atoms with van der Waals surface area (Å²) in [5, 5.41) is 2.97. The zero-order chi connectivity index (χ0) is 16.0. The number of likely N-dealkylation sites (tertiary alicyclic amines) is 1. The monoisotopic (exact) mass is 325 g/mol. The van der Waals surface area contributed by atoms with E-state index in [1.54, 1.807) is 0 Å². The maximum atomic E-state index is 11.8. The molecule has 1 atom stereocenters. The molecule has 6 nitrogen and oxygen atoms in total. The van der Waals surface area contributed by atoms with E-state index in [1.807, 2.05) is 18.2 Å². The van der Waals surface area contributed by atoms with Gasteiger partial charge in [-0.15, -0.1) is 0 Å². The molecule has 2 N–H and O–H groups in total. The first-order chi connectivity index (χ1) is 10.4. The summed E-state index contributed by atoms with van der Waals surface area (Å²) < 4.78 is 24.2. The maximum Gasteiger partial charge on any atom is 0.221 e. The van der Waals surface area contributed by atoms with E-state index >= 15 is 0 Å². The predicted octanol–water partition coefficient (Wildman–Crippen LogP) is 0.316. The molecule has 1 aromatic carbocycles. The van der Waals surface area contributed by atoms with E-state index in [4.69, 9.17) is 0 Å². The second-order valence-corrected chi connectivity index (χ2v) is 7.52. The van der Waals surface area contributed by atoms with E-state index in [0.29, 0.717) is 0 Å². The Morgan fingerprint density at radius 3 is 2.73 bits per heavy atom. The van der Waals surface area contributed by atoms with Crippen molar-refractivity contribution in [1.29, 1.82) is 0 Å². The number of hydrogen-bond donors (Lipinski definition) is 2. The molecule has 1 fully saturated rings. The van der Waals surface area contributed by atoms with Crippen molar-refractivity contribution in [1.82, 2.24) is 14.9 Å². The molecule has 1 aliphatic heterocycles. The van der Waals surface area contributed by atoms with Gasteiger partial charge in [0.2, 0.25) is 15.9 Å². The molecule has 0 spiro atoms. The lowest BCUT2D eigenvalue weighted by Gasteiger charge is -2.16. The molecule has 0 radical (unpaired) electrons. The Morgan fingerprint density at radius 2 is 2.05 bits per heavy atom. The average Bonchev–Trinajstić information content (AvgIpc) is 2.85. The second kappa shape index (κ2) is 7.71. The molecule has 2 rings (SSSR count). The lowest BCUT2D eigenvalue weighted by molar-refractivity contribution is -0.121. The van der Waals surface area contributed by atoms with Gasteiger partial charge in [0.25, 0.3) is 0 Å². The number of benzene rings is 1. The highest BCUT2D eigenvalue weighted by molar-refractivity contribution is 7.88. The van der Waals surface area contributed by atoms with Crippen molar-refractivity contribution in [3.63, 3.8) is 0 Å². The van der Waals surface area contributed by atoms with Crippen LogP contribution < -0.4 is 10.0 Å². The highest BCUT2D eigenvalue weighted by Crippen LogP contribution is 2.13. The molecule has 0 saturated carbocycles. The number of amides is 1. The number of rotatable bonds is 7. The number of carbonyl (C=O) groups excluding carboxylic acids is 1. The molecule has 0 aromatic heterocycles. The zero-order valence-electron chi connectivity index (χ0n) is 12.8. The molecule has 122 valence electrons. The molecule has 0 aliphatic carbocycles. The summed E-state index contributed by atoms with van der Waals surface area (Å²) in [6, 6.07) is 10.4. The van der Waals surface area contributed by atoms with Crippen LogP contribution in [0, 0.1) is 0 Å². The Kier molecular flexibility index (Phi) is 5.93. The summed E-state index contributed by atoms with van der Waals surface area (Å²) >= 11 is 0. The molecule has 0 bridgehead atoms. The molecule has 1 amide bonds. The Labute approximate surface area is 131 Å². The van der Waals surface area contributed by atoms with Gasteiger partial charge in [-0.05, 0) is 12.0 Å². The van der Waals surface area contributed by atoms with Gasteiger partial charge in [0.05, 0.1) is 6.26 Å². The third-order valence-electron chi connectivity index (χ3n) is 3.60. The molecule has 1 aromatic rings. The summed E-state index contributed by atoms with van der Waals surface area (Å²) in [6.07, 6.45) is 2.18. The van der Waals surface area contributed by atoms with Gasteiger partial charge in [-0.1, -0.05) is 30.3 Å². The fourth-order valence-corrected chi connectivity index (χ4v) is 3.06. The normalized spacial score (nSPS) is 19.2. The average molecular weight is 325 g/mol. The minimum Gasteiger partial charge on any atom is -0.352 e. The Balaban J connectivity index is 1.68. The standard InChI is InChI=1S/C15H23N3O3S/c1-22(20,21)16-9-7-15(19)17-14-8-10-18(12-14)11-13-5-3-2-4-6-13/h2-6,14,16H,7-12H2,1H3,(H,17,19)/t14-/m1/s1. The predicted molar refractivity (Wildman–Crippen MR) is 85.7 cm³/mol. The van der Waals surface area contributed by atoms with Gasteiger partial charge in [0, 0.05) is 38.6 Å². The largest absolute Gasteiger partial charge is 0.352 e. The van der Waals surface area contributed by atoms with Gasteiger partial charge < -0.3 is 5.32 Å². The number of hydrogen-bond acceptors (Lipinski definition) is 4. The van der Waals surface area contributed by atoms with Gasteiger partial charge >= 0.3 is 0 Å². The van der Waals surface area contributed by atoms with Crippen LogP contribution in [-0.2, 0) is 21.4 Å². The molecule has 22 heavy (non-hydrogen) atoms. The number of sulfonamides is 1. The highest BCUT2D eigenvalue weighted by atomic mass is 32.2. The minimum atomic E-state index is -3.23. The van der Waals surface area contributed by atoms with Crippen LogP contribution in [0.25, 0.3) is 0 Å².